The van der Waals surface area contributed by atoms with Gasteiger partial charge in [0.1, 0.15) is 0 Å². The van der Waals surface area contributed by atoms with E-state index in [1.54, 1.807) is 0 Å². The maximum absolute atomic E-state index is 12.6. The lowest BCUT2D eigenvalue weighted by Crippen LogP contribution is -2.40. The second kappa shape index (κ2) is 11.8. The smallest absolute Gasteiger partial charge is 0.220 e. The van der Waals surface area contributed by atoms with E-state index >= 15 is 0 Å². The van der Waals surface area contributed by atoms with E-state index in [0.717, 1.165) is 56.0 Å². The fraction of sp³-hybridized carbons (Fsp3) is 0.407. The average molecular weight is 447 g/mol. The van der Waals surface area contributed by atoms with Crippen LogP contribution in [-0.2, 0) is 30.8 Å². The third-order valence-electron chi connectivity index (χ3n) is 6.35. The summed E-state index contributed by atoms with van der Waals surface area (Å²) < 4.78 is 5.63. The monoisotopic (exact) mass is 446 g/mol. The molecule has 174 valence electrons. The molecule has 2 unspecified atom stereocenters. The zero-order chi connectivity index (χ0) is 22.9. The fourth-order valence-corrected chi connectivity index (χ4v) is 4.60. The Kier molecular flexibility index (Phi) is 8.28. The molecule has 1 aliphatic heterocycles. The van der Waals surface area contributed by atoms with Gasteiger partial charge in [-0.05, 0) is 55.9 Å². The Balaban J connectivity index is 1.27. The number of hydrogen-bond acceptors (Lipinski definition) is 5. The van der Waals surface area contributed by atoms with Crippen molar-refractivity contribution in [2.45, 2.75) is 38.9 Å². The average Bonchev–Trinajstić information content (AvgIpc) is 3.27. The molecule has 0 aliphatic carbocycles. The van der Waals surface area contributed by atoms with Gasteiger partial charge in [0.05, 0.1) is 12.2 Å². The van der Waals surface area contributed by atoms with Crippen LogP contribution in [0.1, 0.15) is 35.4 Å². The maximum atomic E-state index is 12.6. The summed E-state index contributed by atoms with van der Waals surface area (Å²) >= 11 is 0. The second-order valence-corrected chi connectivity index (χ2v) is 9.13. The lowest BCUT2D eigenvalue weighted by Gasteiger charge is -2.31. The predicted molar refractivity (Wildman–Crippen MR) is 129 cm³/mol. The van der Waals surface area contributed by atoms with E-state index in [9.17, 15) is 4.79 Å². The Labute approximate surface area is 196 Å². The Morgan fingerprint density at radius 1 is 1.06 bits per heavy atom. The van der Waals surface area contributed by atoms with E-state index in [1.165, 1.54) is 5.56 Å². The van der Waals surface area contributed by atoms with Crippen molar-refractivity contribution < 1.29 is 9.32 Å². The molecule has 0 radical (unpaired) electrons. The fourth-order valence-electron chi connectivity index (χ4n) is 4.60. The first-order chi connectivity index (χ1) is 16.2. The van der Waals surface area contributed by atoms with Gasteiger partial charge in [0.2, 0.25) is 5.91 Å². The minimum absolute atomic E-state index is 0.124. The van der Waals surface area contributed by atoms with Crippen LogP contribution >= 0.6 is 0 Å². The van der Waals surface area contributed by atoms with Gasteiger partial charge in [-0.1, -0.05) is 65.8 Å². The Morgan fingerprint density at radius 3 is 2.55 bits per heavy atom. The van der Waals surface area contributed by atoms with Crippen molar-refractivity contribution in [1.82, 2.24) is 20.7 Å². The highest BCUT2D eigenvalue weighted by molar-refractivity contribution is 5.76. The largest absolute Gasteiger partial charge is 0.360 e. The quantitative estimate of drug-likeness (QED) is 0.496. The van der Waals surface area contributed by atoms with E-state index in [4.69, 9.17) is 4.52 Å². The molecule has 0 saturated carbocycles. The second-order valence-electron chi connectivity index (χ2n) is 9.13. The van der Waals surface area contributed by atoms with Crippen molar-refractivity contribution in [3.63, 3.8) is 0 Å². The van der Waals surface area contributed by atoms with Crippen LogP contribution in [0.15, 0.2) is 71.3 Å². The molecular weight excluding hydrogens is 412 g/mol. The van der Waals surface area contributed by atoms with Crippen LogP contribution in [0.5, 0.6) is 0 Å². The summed E-state index contributed by atoms with van der Waals surface area (Å²) in [5.41, 5.74) is 3.38. The zero-order valence-electron chi connectivity index (χ0n) is 19.4. The van der Waals surface area contributed by atoms with Crippen LogP contribution in [0.25, 0.3) is 0 Å². The topological polar surface area (TPSA) is 70.4 Å². The molecule has 1 aromatic heterocycles. The number of amides is 1. The number of nitrogens with zero attached hydrogens (tertiary/aromatic N) is 2. The molecule has 2 atom stereocenters. The number of rotatable bonds is 10. The lowest BCUT2D eigenvalue weighted by molar-refractivity contribution is -0.122. The van der Waals surface area contributed by atoms with Crippen LogP contribution in [0, 0.1) is 11.8 Å². The molecule has 1 amide bonds. The Bertz CT molecular complexity index is 990. The van der Waals surface area contributed by atoms with Crippen molar-refractivity contribution in [1.29, 1.82) is 0 Å². The third kappa shape index (κ3) is 7.27. The molecule has 1 saturated heterocycles. The Morgan fingerprint density at radius 2 is 1.79 bits per heavy atom. The van der Waals surface area contributed by atoms with Gasteiger partial charge in [0, 0.05) is 25.6 Å². The normalized spacial score (nSPS) is 18.4. The number of benzene rings is 2. The standard InChI is InChI=1S/C27H34N4O2/c1-31(19-22-10-6-3-7-11-22)20-26-16-25(30-33-26)14-24-18-28-13-12-23(24)15-27(32)29-17-21-8-4-2-5-9-21/h2-11,16,23-24,28H,12-15,17-20H2,1H3,(H,29,32). The highest BCUT2D eigenvalue weighted by atomic mass is 16.5. The van der Waals surface area contributed by atoms with Gasteiger partial charge < -0.3 is 15.2 Å². The number of nitrogens with one attached hydrogen (secondary N) is 2. The first-order valence-corrected chi connectivity index (χ1v) is 11.8. The summed E-state index contributed by atoms with van der Waals surface area (Å²) in [5, 5.41) is 10.9. The molecule has 0 spiro atoms. The molecule has 2 N–H and O–H groups in total. The van der Waals surface area contributed by atoms with Crippen LogP contribution < -0.4 is 10.6 Å². The van der Waals surface area contributed by atoms with E-state index in [1.807, 2.05) is 36.4 Å². The molecule has 1 aliphatic rings. The van der Waals surface area contributed by atoms with Crippen LogP contribution in [0.4, 0.5) is 0 Å². The van der Waals surface area contributed by atoms with Gasteiger partial charge >= 0.3 is 0 Å². The number of carbonyl (C=O) groups excluding carboxylic acids is 1. The number of hydrogen-bond donors (Lipinski definition) is 2. The summed E-state index contributed by atoms with van der Waals surface area (Å²) in [5.74, 6) is 1.73. The minimum atomic E-state index is 0.124. The molecule has 6 nitrogen and oxygen atoms in total. The van der Waals surface area contributed by atoms with E-state index in [-0.39, 0.29) is 5.91 Å². The SMILES string of the molecule is CN(Cc1ccccc1)Cc1cc(CC2CNCCC2CC(=O)NCc2ccccc2)no1. The minimum Gasteiger partial charge on any atom is -0.360 e. The van der Waals surface area contributed by atoms with Gasteiger partial charge in [-0.3, -0.25) is 9.69 Å². The summed E-state index contributed by atoms with van der Waals surface area (Å²) in [6.07, 6.45) is 2.40. The molecule has 0 bridgehead atoms. The summed E-state index contributed by atoms with van der Waals surface area (Å²) in [7, 11) is 2.09. The van der Waals surface area contributed by atoms with Gasteiger partial charge in [0.15, 0.2) is 5.76 Å². The van der Waals surface area contributed by atoms with Gasteiger partial charge in [-0.15, -0.1) is 0 Å². The first-order valence-electron chi connectivity index (χ1n) is 11.8. The predicted octanol–water partition coefficient (Wildman–Crippen LogP) is 3.78. The molecule has 2 aromatic carbocycles. The van der Waals surface area contributed by atoms with E-state index in [0.29, 0.717) is 24.8 Å². The van der Waals surface area contributed by atoms with Crippen molar-refractivity contribution in [2.75, 3.05) is 20.1 Å². The van der Waals surface area contributed by atoms with Crippen LogP contribution in [0.3, 0.4) is 0 Å². The molecule has 4 rings (SSSR count). The van der Waals surface area contributed by atoms with Crippen molar-refractivity contribution in [2.24, 2.45) is 11.8 Å². The van der Waals surface area contributed by atoms with Crippen LogP contribution in [-0.4, -0.2) is 36.1 Å². The highest BCUT2D eigenvalue weighted by Gasteiger charge is 2.28. The molecule has 2 heterocycles. The lowest BCUT2D eigenvalue weighted by atomic mass is 9.81. The first kappa shape index (κ1) is 23.2. The molecule has 1 fully saturated rings. The van der Waals surface area contributed by atoms with Crippen LogP contribution in [0.2, 0.25) is 0 Å². The van der Waals surface area contributed by atoms with Gasteiger partial charge in [0.25, 0.3) is 0 Å². The van der Waals surface area contributed by atoms with Crippen molar-refractivity contribution in [3.8, 4) is 0 Å². The number of piperidine rings is 1. The van der Waals surface area contributed by atoms with Gasteiger partial charge in [-0.25, -0.2) is 0 Å². The number of carbonyl (C=O) groups is 1. The van der Waals surface area contributed by atoms with E-state index < -0.39 is 0 Å². The summed E-state index contributed by atoms with van der Waals surface area (Å²) in [6, 6.07) is 22.5. The van der Waals surface area contributed by atoms with Gasteiger partial charge in [-0.2, -0.15) is 0 Å². The molecular formula is C27H34N4O2. The maximum Gasteiger partial charge on any atom is 0.220 e. The third-order valence-corrected chi connectivity index (χ3v) is 6.35. The van der Waals surface area contributed by atoms with E-state index in [2.05, 4.69) is 58.1 Å². The zero-order valence-corrected chi connectivity index (χ0v) is 19.4. The molecule has 33 heavy (non-hydrogen) atoms. The molecule has 6 heteroatoms. The Hall–Kier alpha value is -2.96. The van der Waals surface area contributed by atoms with Crippen molar-refractivity contribution >= 4 is 5.91 Å². The van der Waals surface area contributed by atoms with Crippen molar-refractivity contribution in [3.05, 3.63) is 89.3 Å². The molecule has 3 aromatic rings. The summed E-state index contributed by atoms with van der Waals surface area (Å²) in [6.45, 7) is 4.03. The summed E-state index contributed by atoms with van der Waals surface area (Å²) in [4.78, 5) is 14.8. The number of aromatic nitrogens is 1. The highest BCUT2D eigenvalue weighted by Crippen LogP contribution is 2.26.